The summed E-state index contributed by atoms with van der Waals surface area (Å²) in [6, 6.07) is 7.66. The number of hydrogen-bond donors (Lipinski definition) is 2. The number of anilines is 1. The molecule has 0 fully saturated rings. The highest BCUT2D eigenvalue weighted by atomic mass is 19.1. The van der Waals surface area contributed by atoms with E-state index in [1.54, 1.807) is 6.20 Å². The molecule has 0 aliphatic carbocycles. The fourth-order valence-corrected chi connectivity index (χ4v) is 1.53. The van der Waals surface area contributed by atoms with Crippen LogP contribution in [-0.2, 0) is 6.42 Å². The third-order valence-electron chi connectivity index (χ3n) is 2.29. The zero-order valence-electron chi connectivity index (χ0n) is 8.20. The lowest BCUT2D eigenvalue weighted by Crippen LogP contribution is -1.90. The van der Waals surface area contributed by atoms with E-state index in [1.807, 2.05) is 24.3 Å². The maximum Gasteiger partial charge on any atom is 0.126 e. The minimum Gasteiger partial charge on any atom is -0.384 e. The van der Waals surface area contributed by atoms with Crippen molar-refractivity contribution >= 4 is 5.82 Å². The fourth-order valence-electron chi connectivity index (χ4n) is 1.53. The summed E-state index contributed by atoms with van der Waals surface area (Å²) in [6.45, 7) is -0.343. The van der Waals surface area contributed by atoms with Gasteiger partial charge in [0.1, 0.15) is 5.82 Å². The third kappa shape index (κ3) is 1.98. The van der Waals surface area contributed by atoms with Crippen molar-refractivity contribution in [2.75, 3.05) is 12.4 Å². The number of nitrogen functional groups attached to an aromatic ring is 1. The fraction of sp³-hybridized carbons (Fsp3) is 0.182. The summed E-state index contributed by atoms with van der Waals surface area (Å²) in [6.07, 6.45) is 2.11. The van der Waals surface area contributed by atoms with Gasteiger partial charge in [0, 0.05) is 12.0 Å². The largest absolute Gasteiger partial charge is 0.384 e. The molecule has 0 radical (unpaired) electrons. The molecule has 2 aromatic rings. The number of nitrogens with two attached hydrogens (primary N) is 1. The normalized spacial score (nSPS) is 10.5. The van der Waals surface area contributed by atoms with Crippen LogP contribution in [0.2, 0.25) is 0 Å². The number of nitrogens with one attached hydrogen (secondary N) is 1. The van der Waals surface area contributed by atoms with Crippen molar-refractivity contribution in [3.63, 3.8) is 0 Å². The zero-order valence-corrected chi connectivity index (χ0v) is 8.20. The minimum absolute atomic E-state index is 0.343. The highest BCUT2D eigenvalue weighted by Crippen LogP contribution is 2.24. The van der Waals surface area contributed by atoms with Gasteiger partial charge in [0.2, 0.25) is 0 Å². The van der Waals surface area contributed by atoms with Crippen LogP contribution in [0, 0.1) is 0 Å². The lowest BCUT2D eigenvalue weighted by Gasteiger charge is -2.02. The van der Waals surface area contributed by atoms with Crippen molar-refractivity contribution in [3.05, 3.63) is 36.0 Å². The smallest absolute Gasteiger partial charge is 0.126 e. The number of rotatable bonds is 3. The van der Waals surface area contributed by atoms with Crippen LogP contribution in [0.3, 0.4) is 0 Å². The van der Waals surface area contributed by atoms with E-state index >= 15 is 0 Å². The van der Waals surface area contributed by atoms with E-state index in [0.717, 1.165) is 16.7 Å². The first-order valence-electron chi connectivity index (χ1n) is 4.75. The first-order chi connectivity index (χ1) is 7.31. The summed E-state index contributed by atoms with van der Waals surface area (Å²) in [5, 5.41) is 6.52. The monoisotopic (exact) mass is 205 g/mol. The van der Waals surface area contributed by atoms with Crippen molar-refractivity contribution < 1.29 is 4.39 Å². The van der Waals surface area contributed by atoms with E-state index in [-0.39, 0.29) is 6.67 Å². The predicted octanol–water partition coefficient (Wildman–Crippen LogP) is 2.17. The Bertz CT molecular complexity index is 451. The van der Waals surface area contributed by atoms with Gasteiger partial charge in [0.25, 0.3) is 0 Å². The van der Waals surface area contributed by atoms with Crippen LogP contribution in [0.15, 0.2) is 30.5 Å². The number of aryl methyl sites for hydroxylation is 1. The van der Waals surface area contributed by atoms with Gasteiger partial charge in [0.05, 0.1) is 12.9 Å². The van der Waals surface area contributed by atoms with Crippen molar-refractivity contribution in [1.82, 2.24) is 10.2 Å². The van der Waals surface area contributed by atoms with Crippen LogP contribution < -0.4 is 5.73 Å². The Labute approximate surface area is 87.1 Å². The van der Waals surface area contributed by atoms with Crippen LogP contribution in [-0.4, -0.2) is 16.9 Å². The lowest BCUT2D eigenvalue weighted by atomic mass is 10.0. The van der Waals surface area contributed by atoms with E-state index in [0.29, 0.717) is 12.2 Å². The SMILES string of the molecule is Nc1[nH]ncc1-c1cccc(CCF)c1. The number of nitrogens with zero attached hydrogens (tertiary/aromatic N) is 1. The number of benzene rings is 1. The molecule has 0 aliphatic heterocycles. The number of halogens is 1. The lowest BCUT2D eigenvalue weighted by molar-refractivity contribution is 0.495. The van der Waals surface area contributed by atoms with E-state index < -0.39 is 0 Å². The average molecular weight is 205 g/mol. The Hall–Kier alpha value is -1.84. The number of H-pyrrole nitrogens is 1. The second-order valence-corrected chi connectivity index (χ2v) is 3.34. The van der Waals surface area contributed by atoms with Crippen LogP contribution in [0.1, 0.15) is 5.56 Å². The average Bonchev–Trinajstić information content (AvgIpc) is 2.65. The second kappa shape index (κ2) is 4.13. The van der Waals surface area contributed by atoms with E-state index in [2.05, 4.69) is 10.2 Å². The zero-order chi connectivity index (χ0) is 10.7. The standard InChI is InChI=1S/C11H12FN3/c12-5-4-8-2-1-3-9(6-8)10-7-14-15-11(10)13/h1-3,6-7H,4-5H2,(H3,13,14,15). The Morgan fingerprint density at radius 3 is 2.93 bits per heavy atom. The number of alkyl halides is 1. The third-order valence-corrected chi connectivity index (χ3v) is 2.29. The van der Waals surface area contributed by atoms with Gasteiger partial charge in [-0.05, 0) is 11.1 Å². The molecule has 0 aliphatic rings. The molecule has 1 heterocycles. The Morgan fingerprint density at radius 2 is 2.27 bits per heavy atom. The molecule has 78 valence electrons. The van der Waals surface area contributed by atoms with E-state index in [1.165, 1.54) is 0 Å². The van der Waals surface area contributed by atoms with Gasteiger partial charge >= 0.3 is 0 Å². The molecule has 0 amide bonds. The van der Waals surface area contributed by atoms with Gasteiger partial charge in [-0.25, -0.2) is 0 Å². The molecule has 0 unspecified atom stereocenters. The van der Waals surface area contributed by atoms with Gasteiger partial charge in [0.15, 0.2) is 0 Å². The molecule has 1 aromatic carbocycles. The Morgan fingerprint density at radius 1 is 1.40 bits per heavy atom. The summed E-state index contributed by atoms with van der Waals surface area (Å²) in [5.41, 5.74) is 8.49. The molecule has 0 spiro atoms. The van der Waals surface area contributed by atoms with Crippen molar-refractivity contribution in [3.8, 4) is 11.1 Å². The highest BCUT2D eigenvalue weighted by molar-refractivity contribution is 5.73. The maximum absolute atomic E-state index is 12.2. The van der Waals surface area contributed by atoms with Crippen LogP contribution >= 0.6 is 0 Å². The molecule has 0 bridgehead atoms. The van der Waals surface area contributed by atoms with Gasteiger partial charge in [-0.15, -0.1) is 0 Å². The highest BCUT2D eigenvalue weighted by Gasteiger charge is 2.04. The van der Waals surface area contributed by atoms with E-state index in [4.69, 9.17) is 5.73 Å². The van der Waals surface area contributed by atoms with Crippen molar-refractivity contribution in [1.29, 1.82) is 0 Å². The molecule has 0 saturated carbocycles. The van der Waals surface area contributed by atoms with Gasteiger partial charge in [-0.2, -0.15) is 5.10 Å². The van der Waals surface area contributed by atoms with Crippen molar-refractivity contribution in [2.24, 2.45) is 0 Å². The first-order valence-corrected chi connectivity index (χ1v) is 4.75. The quantitative estimate of drug-likeness (QED) is 0.806. The number of hydrogen-bond acceptors (Lipinski definition) is 2. The van der Waals surface area contributed by atoms with Crippen LogP contribution in [0.5, 0.6) is 0 Å². The summed E-state index contributed by atoms with van der Waals surface area (Å²) < 4.78 is 12.2. The minimum atomic E-state index is -0.343. The van der Waals surface area contributed by atoms with E-state index in [9.17, 15) is 4.39 Å². The summed E-state index contributed by atoms with van der Waals surface area (Å²) >= 11 is 0. The Balaban J connectivity index is 2.37. The predicted molar refractivity (Wildman–Crippen MR) is 58.1 cm³/mol. The summed E-state index contributed by atoms with van der Waals surface area (Å²) in [7, 11) is 0. The van der Waals surface area contributed by atoms with Gasteiger partial charge < -0.3 is 5.73 Å². The van der Waals surface area contributed by atoms with Crippen molar-refractivity contribution in [2.45, 2.75) is 6.42 Å². The molecule has 0 saturated heterocycles. The Kier molecular flexibility index (Phi) is 2.67. The molecule has 1 aromatic heterocycles. The second-order valence-electron chi connectivity index (χ2n) is 3.34. The molecule has 4 heteroatoms. The summed E-state index contributed by atoms with van der Waals surface area (Å²) in [5.74, 6) is 0.535. The van der Waals surface area contributed by atoms with Crippen LogP contribution in [0.4, 0.5) is 10.2 Å². The molecule has 15 heavy (non-hydrogen) atoms. The first kappa shape index (κ1) is 9.71. The number of aromatic nitrogens is 2. The molecular formula is C11H12FN3. The number of aromatic amines is 1. The van der Waals surface area contributed by atoms with Gasteiger partial charge in [-0.3, -0.25) is 9.49 Å². The van der Waals surface area contributed by atoms with Gasteiger partial charge in [-0.1, -0.05) is 24.3 Å². The molecule has 3 N–H and O–H groups in total. The molecule has 3 nitrogen and oxygen atoms in total. The summed E-state index contributed by atoms with van der Waals surface area (Å²) in [4.78, 5) is 0. The maximum atomic E-state index is 12.2. The topological polar surface area (TPSA) is 54.7 Å². The molecular weight excluding hydrogens is 193 g/mol. The molecule has 2 rings (SSSR count). The molecule has 0 atom stereocenters. The van der Waals surface area contributed by atoms with Crippen LogP contribution in [0.25, 0.3) is 11.1 Å².